The topological polar surface area (TPSA) is 21.6 Å². The zero-order valence-corrected chi connectivity index (χ0v) is 10.8. The van der Waals surface area contributed by atoms with E-state index in [9.17, 15) is 0 Å². The minimum atomic E-state index is -0.107. The highest BCUT2D eigenvalue weighted by atomic mass is 16.5. The van der Waals surface area contributed by atoms with Crippen molar-refractivity contribution in [1.82, 2.24) is 0 Å². The van der Waals surface area contributed by atoms with Gasteiger partial charge in [-0.1, -0.05) is 18.2 Å². The van der Waals surface area contributed by atoms with Gasteiger partial charge in [0.2, 0.25) is 5.90 Å². The number of aryl methyl sites for hydroxylation is 1. The van der Waals surface area contributed by atoms with Gasteiger partial charge in [0.25, 0.3) is 0 Å². The average molecular weight is 229 g/mol. The number of aliphatic imine (C=N–C) groups is 1. The first-order valence-corrected chi connectivity index (χ1v) is 5.96. The van der Waals surface area contributed by atoms with E-state index < -0.39 is 0 Å². The van der Waals surface area contributed by atoms with Gasteiger partial charge in [0.1, 0.15) is 6.61 Å². The Morgan fingerprint density at radius 3 is 2.82 bits per heavy atom. The summed E-state index contributed by atoms with van der Waals surface area (Å²) < 4.78 is 5.71. The summed E-state index contributed by atoms with van der Waals surface area (Å²) in [4.78, 5) is 4.63. The van der Waals surface area contributed by atoms with Crippen LogP contribution in [0, 0.1) is 6.92 Å². The molecule has 0 saturated heterocycles. The summed E-state index contributed by atoms with van der Waals surface area (Å²) in [7, 11) is 0. The van der Waals surface area contributed by atoms with Crippen LogP contribution >= 0.6 is 0 Å². The largest absolute Gasteiger partial charge is 0.475 e. The van der Waals surface area contributed by atoms with Gasteiger partial charge in [0.05, 0.1) is 5.54 Å². The number of allylic oxidation sites excluding steroid dienone is 1. The van der Waals surface area contributed by atoms with Crippen LogP contribution in [0.25, 0.3) is 0 Å². The van der Waals surface area contributed by atoms with Gasteiger partial charge in [0, 0.05) is 5.56 Å². The van der Waals surface area contributed by atoms with Gasteiger partial charge in [-0.25, -0.2) is 4.99 Å². The van der Waals surface area contributed by atoms with Gasteiger partial charge in [-0.15, -0.1) is 6.58 Å². The summed E-state index contributed by atoms with van der Waals surface area (Å²) in [5.41, 5.74) is 3.53. The van der Waals surface area contributed by atoms with Crippen molar-refractivity contribution in [3.05, 3.63) is 47.5 Å². The first kappa shape index (κ1) is 11.9. The lowest BCUT2D eigenvalue weighted by Crippen LogP contribution is -2.17. The molecular formula is C15H19NO. The number of nitrogens with zero attached hydrogens (tertiary/aromatic N) is 1. The summed E-state index contributed by atoms with van der Waals surface area (Å²) in [6.45, 7) is 10.8. The maximum absolute atomic E-state index is 5.71. The first-order chi connectivity index (χ1) is 8.03. The van der Waals surface area contributed by atoms with Crippen LogP contribution in [-0.2, 0) is 11.2 Å². The number of benzene rings is 1. The Morgan fingerprint density at radius 2 is 2.24 bits per heavy atom. The zero-order chi connectivity index (χ0) is 12.5. The number of ether oxygens (including phenoxy) is 1. The molecule has 1 heterocycles. The van der Waals surface area contributed by atoms with Crippen molar-refractivity contribution in [3.8, 4) is 0 Å². The van der Waals surface area contributed by atoms with Gasteiger partial charge < -0.3 is 4.74 Å². The van der Waals surface area contributed by atoms with Crippen LogP contribution in [0.15, 0.2) is 35.8 Å². The van der Waals surface area contributed by atoms with Crippen molar-refractivity contribution < 1.29 is 4.74 Å². The minimum absolute atomic E-state index is 0.107. The summed E-state index contributed by atoms with van der Waals surface area (Å²) >= 11 is 0. The maximum Gasteiger partial charge on any atom is 0.217 e. The van der Waals surface area contributed by atoms with E-state index in [4.69, 9.17) is 4.74 Å². The molecule has 0 unspecified atom stereocenters. The molecule has 0 aromatic heterocycles. The molecular weight excluding hydrogens is 210 g/mol. The molecule has 0 radical (unpaired) electrons. The molecule has 2 nitrogen and oxygen atoms in total. The molecule has 17 heavy (non-hydrogen) atoms. The molecule has 1 aromatic carbocycles. The van der Waals surface area contributed by atoms with E-state index >= 15 is 0 Å². The van der Waals surface area contributed by atoms with Crippen molar-refractivity contribution in [3.63, 3.8) is 0 Å². The van der Waals surface area contributed by atoms with Crippen LogP contribution in [0.1, 0.15) is 30.5 Å². The molecule has 0 fully saturated rings. The molecule has 2 rings (SSSR count). The molecule has 1 aromatic rings. The van der Waals surface area contributed by atoms with Crippen LogP contribution in [-0.4, -0.2) is 18.0 Å². The van der Waals surface area contributed by atoms with Crippen LogP contribution in [0.4, 0.5) is 0 Å². The van der Waals surface area contributed by atoms with Gasteiger partial charge in [0.15, 0.2) is 0 Å². The van der Waals surface area contributed by atoms with Gasteiger partial charge in [-0.05, 0) is 44.4 Å². The number of rotatable bonds is 3. The Hall–Kier alpha value is -1.57. The molecule has 1 aliphatic heterocycles. The van der Waals surface area contributed by atoms with Crippen molar-refractivity contribution >= 4 is 5.90 Å². The minimum Gasteiger partial charge on any atom is -0.475 e. The lowest BCUT2D eigenvalue weighted by molar-refractivity contribution is 0.279. The highest BCUT2D eigenvalue weighted by Crippen LogP contribution is 2.24. The Morgan fingerprint density at radius 1 is 1.47 bits per heavy atom. The lowest BCUT2D eigenvalue weighted by atomic mass is 9.99. The lowest BCUT2D eigenvalue weighted by Gasteiger charge is -2.10. The van der Waals surface area contributed by atoms with E-state index in [1.165, 1.54) is 11.1 Å². The van der Waals surface area contributed by atoms with E-state index in [0.29, 0.717) is 6.61 Å². The van der Waals surface area contributed by atoms with Crippen molar-refractivity contribution in [2.45, 2.75) is 32.7 Å². The summed E-state index contributed by atoms with van der Waals surface area (Å²) in [5.74, 6) is 0.774. The molecule has 0 amide bonds. The highest BCUT2D eigenvalue weighted by molar-refractivity contribution is 5.97. The summed E-state index contributed by atoms with van der Waals surface area (Å²) in [5, 5.41) is 0. The van der Waals surface area contributed by atoms with Gasteiger partial charge in [-0.3, -0.25) is 0 Å². The fourth-order valence-corrected chi connectivity index (χ4v) is 2.04. The second-order valence-corrected chi connectivity index (χ2v) is 5.11. The fraction of sp³-hybridized carbons (Fsp3) is 0.400. The zero-order valence-electron chi connectivity index (χ0n) is 10.8. The van der Waals surface area contributed by atoms with E-state index in [2.05, 4.69) is 50.5 Å². The fourth-order valence-electron chi connectivity index (χ4n) is 2.04. The number of hydrogen-bond donors (Lipinski definition) is 0. The van der Waals surface area contributed by atoms with E-state index in [1.54, 1.807) is 0 Å². The second-order valence-electron chi connectivity index (χ2n) is 5.11. The Labute approximate surface area is 103 Å². The predicted octanol–water partition coefficient (Wildman–Crippen LogP) is 3.28. The molecule has 1 aliphatic rings. The van der Waals surface area contributed by atoms with E-state index in [-0.39, 0.29) is 5.54 Å². The Bertz CT molecular complexity index is 472. The molecule has 0 atom stereocenters. The average Bonchev–Trinajstić information content (AvgIpc) is 2.62. The summed E-state index contributed by atoms with van der Waals surface area (Å²) in [6, 6.07) is 6.24. The van der Waals surface area contributed by atoms with Gasteiger partial charge >= 0.3 is 0 Å². The monoisotopic (exact) mass is 229 g/mol. The number of hydrogen-bond acceptors (Lipinski definition) is 2. The summed E-state index contributed by atoms with van der Waals surface area (Å²) in [6.07, 6.45) is 2.78. The SMILES string of the molecule is C=CCc1c(C)cccc1C1=NC(C)(C)CO1. The molecule has 90 valence electrons. The smallest absolute Gasteiger partial charge is 0.217 e. The van der Waals surface area contributed by atoms with Crippen molar-refractivity contribution in [2.75, 3.05) is 6.61 Å². The predicted molar refractivity (Wildman–Crippen MR) is 71.6 cm³/mol. The molecule has 0 N–H and O–H groups in total. The molecule has 0 spiro atoms. The van der Waals surface area contributed by atoms with Crippen LogP contribution < -0.4 is 0 Å². The molecule has 0 saturated carbocycles. The second kappa shape index (κ2) is 4.36. The van der Waals surface area contributed by atoms with Crippen LogP contribution in [0.2, 0.25) is 0 Å². The van der Waals surface area contributed by atoms with Crippen molar-refractivity contribution in [2.24, 2.45) is 4.99 Å². The maximum atomic E-state index is 5.71. The van der Waals surface area contributed by atoms with Gasteiger partial charge in [-0.2, -0.15) is 0 Å². The third-order valence-electron chi connectivity index (χ3n) is 2.96. The molecule has 0 bridgehead atoms. The standard InChI is InChI=1S/C15H19NO/c1-5-7-12-11(2)8-6-9-13(12)14-16-15(3,4)10-17-14/h5-6,8-9H,1,7,10H2,2-4H3. The Balaban J connectivity index is 2.46. The third kappa shape index (κ3) is 2.41. The van der Waals surface area contributed by atoms with Crippen LogP contribution in [0.5, 0.6) is 0 Å². The van der Waals surface area contributed by atoms with Crippen molar-refractivity contribution in [1.29, 1.82) is 0 Å². The third-order valence-corrected chi connectivity index (χ3v) is 2.96. The van der Waals surface area contributed by atoms with E-state index in [0.717, 1.165) is 17.9 Å². The normalized spacial score (nSPS) is 17.5. The first-order valence-electron chi connectivity index (χ1n) is 5.96. The Kier molecular flexibility index (Phi) is 3.05. The van der Waals surface area contributed by atoms with Crippen LogP contribution in [0.3, 0.4) is 0 Å². The quantitative estimate of drug-likeness (QED) is 0.729. The molecule has 2 heteroatoms. The van der Waals surface area contributed by atoms with E-state index in [1.807, 2.05) is 6.08 Å². The molecule has 0 aliphatic carbocycles. The highest BCUT2D eigenvalue weighted by Gasteiger charge is 2.28.